The van der Waals surface area contributed by atoms with Gasteiger partial charge in [-0.05, 0) is 41.7 Å². The van der Waals surface area contributed by atoms with E-state index in [0.717, 1.165) is 52.1 Å². The van der Waals surface area contributed by atoms with Crippen molar-refractivity contribution in [1.29, 1.82) is 0 Å². The molecule has 0 saturated heterocycles. The summed E-state index contributed by atoms with van der Waals surface area (Å²) in [5.74, 6) is 0.793. The highest BCUT2D eigenvalue weighted by Crippen LogP contribution is 2.43. The molecule has 0 spiro atoms. The molecule has 5 rings (SSSR count). The molecule has 2 aliphatic rings. The quantitative estimate of drug-likeness (QED) is 0.646. The largest absolute Gasteiger partial charge is 0.382 e. The van der Waals surface area contributed by atoms with Gasteiger partial charge in [0.15, 0.2) is 0 Å². The standard InChI is InChI=1S/C21H21ClN4O2S/c1-27-10-21(28-2)4-3-14-17(7-21)29-20-18(14)19(24-11-25-20)26-16-6-13-9-23-8-12(13)5-15(16)22/h5-6,9,11H,3-4,7-8,10H2,1-2H3,(H,24,25,26)/t21-/m1/s1. The van der Waals surface area contributed by atoms with Crippen LogP contribution in [0, 0.1) is 0 Å². The summed E-state index contributed by atoms with van der Waals surface area (Å²) in [5.41, 5.74) is 4.11. The molecule has 3 aromatic rings. The van der Waals surface area contributed by atoms with Crippen LogP contribution in [0.1, 0.15) is 28.0 Å². The van der Waals surface area contributed by atoms with E-state index in [9.17, 15) is 0 Å². The van der Waals surface area contributed by atoms with Gasteiger partial charge < -0.3 is 14.8 Å². The van der Waals surface area contributed by atoms with Gasteiger partial charge in [0, 0.05) is 31.7 Å². The maximum absolute atomic E-state index is 6.53. The number of rotatable bonds is 5. The Bertz CT molecular complexity index is 1130. The molecule has 0 radical (unpaired) electrons. The number of anilines is 2. The van der Waals surface area contributed by atoms with E-state index in [4.69, 9.17) is 21.1 Å². The average Bonchev–Trinajstić information content (AvgIpc) is 3.32. The van der Waals surface area contributed by atoms with Crippen LogP contribution in [0.2, 0.25) is 5.02 Å². The van der Waals surface area contributed by atoms with Crippen LogP contribution in [0.5, 0.6) is 0 Å². The second kappa shape index (κ2) is 7.32. The first-order chi connectivity index (χ1) is 14.1. The van der Waals surface area contributed by atoms with Crippen LogP contribution in [-0.4, -0.2) is 42.6 Å². The van der Waals surface area contributed by atoms with Gasteiger partial charge in [0.05, 0.1) is 34.8 Å². The molecule has 2 aromatic heterocycles. The summed E-state index contributed by atoms with van der Waals surface area (Å²) in [6.07, 6.45) is 6.12. The Labute approximate surface area is 177 Å². The highest BCUT2D eigenvalue weighted by molar-refractivity contribution is 7.19. The maximum Gasteiger partial charge on any atom is 0.142 e. The third-order valence-corrected chi connectivity index (χ3v) is 7.25. The summed E-state index contributed by atoms with van der Waals surface area (Å²) in [6, 6.07) is 4.01. The average molecular weight is 429 g/mol. The van der Waals surface area contributed by atoms with Crippen molar-refractivity contribution in [3.63, 3.8) is 0 Å². The Morgan fingerprint density at radius 1 is 1.28 bits per heavy atom. The summed E-state index contributed by atoms with van der Waals surface area (Å²) >= 11 is 8.24. The van der Waals surface area contributed by atoms with Gasteiger partial charge in [-0.15, -0.1) is 11.3 Å². The molecule has 1 aromatic carbocycles. The molecule has 0 amide bonds. The van der Waals surface area contributed by atoms with Crippen LogP contribution >= 0.6 is 22.9 Å². The van der Waals surface area contributed by atoms with Gasteiger partial charge in [0.25, 0.3) is 0 Å². The minimum absolute atomic E-state index is 0.272. The first-order valence-electron chi connectivity index (χ1n) is 9.51. The lowest BCUT2D eigenvalue weighted by atomic mass is 9.84. The van der Waals surface area contributed by atoms with Crippen molar-refractivity contribution < 1.29 is 9.47 Å². The highest BCUT2D eigenvalue weighted by atomic mass is 35.5. The Morgan fingerprint density at radius 2 is 2.17 bits per heavy atom. The molecule has 0 saturated carbocycles. The molecule has 1 aliphatic carbocycles. The van der Waals surface area contributed by atoms with E-state index in [1.165, 1.54) is 10.4 Å². The number of hydrogen-bond donors (Lipinski definition) is 1. The molecule has 1 aliphatic heterocycles. The Kier molecular flexibility index (Phi) is 4.78. The van der Waals surface area contributed by atoms with Crippen molar-refractivity contribution in [2.45, 2.75) is 31.4 Å². The van der Waals surface area contributed by atoms with E-state index in [0.29, 0.717) is 18.2 Å². The molecule has 1 N–H and O–H groups in total. The topological polar surface area (TPSA) is 68.6 Å². The number of thiophene rings is 1. The molecular formula is C21H21ClN4O2S. The van der Waals surface area contributed by atoms with E-state index in [1.807, 2.05) is 18.3 Å². The number of nitrogens with zero attached hydrogens (tertiary/aromatic N) is 3. The van der Waals surface area contributed by atoms with Crippen molar-refractivity contribution in [3.05, 3.63) is 45.1 Å². The number of ether oxygens (including phenoxy) is 2. The Balaban J connectivity index is 1.55. The third kappa shape index (κ3) is 3.22. The van der Waals surface area contributed by atoms with E-state index >= 15 is 0 Å². The van der Waals surface area contributed by atoms with E-state index < -0.39 is 0 Å². The lowest BCUT2D eigenvalue weighted by Crippen LogP contribution is -2.41. The summed E-state index contributed by atoms with van der Waals surface area (Å²) in [7, 11) is 3.49. The second-order valence-corrected chi connectivity index (χ2v) is 9.02. The highest BCUT2D eigenvalue weighted by Gasteiger charge is 2.37. The minimum Gasteiger partial charge on any atom is -0.382 e. The fourth-order valence-electron chi connectivity index (χ4n) is 4.25. The smallest absolute Gasteiger partial charge is 0.142 e. The molecule has 1 atom stereocenters. The zero-order chi connectivity index (χ0) is 20.0. The molecule has 8 heteroatoms. The van der Waals surface area contributed by atoms with Crippen LogP contribution in [-0.2, 0) is 28.9 Å². The number of aromatic nitrogens is 2. The number of nitrogens with one attached hydrogen (secondary N) is 1. The van der Waals surface area contributed by atoms with Crippen LogP contribution in [0.15, 0.2) is 23.5 Å². The number of hydrogen-bond acceptors (Lipinski definition) is 7. The summed E-state index contributed by atoms with van der Waals surface area (Å²) < 4.78 is 11.3. The van der Waals surface area contributed by atoms with E-state index in [1.54, 1.807) is 31.9 Å². The number of halogens is 1. The molecule has 6 nitrogen and oxygen atoms in total. The Morgan fingerprint density at radius 3 is 3.00 bits per heavy atom. The zero-order valence-electron chi connectivity index (χ0n) is 16.3. The van der Waals surface area contributed by atoms with Gasteiger partial charge in [0.1, 0.15) is 17.0 Å². The van der Waals surface area contributed by atoms with E-state index in [2.05, 4.69) is 20.3 Å². The predicted octanol–water partition coefficient (Wildman–Crippen LogP) is 4.54. The van der Waals surface area contributed by atoms with Crippen LogP contribution in [0.3, 0.4) is 0 Å². The van der Waals surface area contributed by atoms with Crippen LogP contribution in [0.4, 0.5) is 11.5 Å². The van der Waals surface area contributed by atoms with Crippen LogP contribution < -0.4 is 5.32 Å². The third-order valence-electron chi connectivity index (χ3n) is 5.80. The first kappa shape index (κ1) is 18.9. The van der Waals surface area contributed by atoms with Gasteiger partial charge in [-0.2, -0.15) is 0 Å². The zero-order valence-corrected chi connectivity index (χ0v) is 17.9. The van der Waals surface area contributed by atoms with Gasteiger partial charge >= 0.3 is 0 Å². The van der Waals surface area contributed by atoms with Gasteiger partial charge in [-0.3, -0.25) is 4.99 Å². The van der Waals surface area contributed by atoms with E-state index in [-0.39, 0.29) is 5.60 Å². The normalized spacial score (nSPS) is 20.1. The van der Waals surface area contributed by atoms with Crippen molar-refractivity contribution >= 4 is 50.9 Å². The molecule has 3 heterocycles. The van der Waals surface area contributed by atoms with Crippen molar-refractivity contribution in [3.8, 4) is 0 Å². The molecule has 29 heavy (non-hydrogen) atoms. The summed E-state index contributed by atoms with van der Waals surface area (Å²) in [5, 5.41) is 5.20. The fourth-order valence-corrected chi connectivity index (χ4v) is 5.80. The van der Waals surface area contributed by atoms with Crippen molar-refractivity contribution in [2.75, 3.05) is 26.1 Å². The fraction of sp³-hybridized carbons (Fsp3) is 0.381. The SMILES string of the molecule is COC[C@@]1(OC)CCc2c(sc3ncnc(Nc4cc5c(cc4Cl)CN=C5)c23)C1. The van der Waals surface area contributed by atoms with Crippen molar-refractivity contribution in [2.24, 2.45) is 4.99 Å². The first-order valence-corrected chi connectivity index (χ1v) is 10.7. The lowest BCUT2D eigenvalue weighted by molar-refractivity contribution is -0.0714. The Hall–Kier alpha value is -2.06. The summed E-state index contributed by atoms with van der Waals surface area (Å²) in [6.45, 7) is 1.27. The summed E-state index contributed by atoms with van der Waals surface area (Å²) in [4.78, 5) is 15.7. The van der Waals surface area contributed by atoms with Gasteiger partial charge in [-0.25, -0.2) is 9.97 Å². The molecule has 0 unspecified atom stereocenters. The van der Waals surface area contributed by atoms with Crippen LogP contribution in [0.25, 0.3) is 10.2 Å². The maximum atomic E-state index is 6.53. The predicted molar refractivity (Wildman–Crippen MR) is 117 cm³/mol. The molecule has 150 valence electrons. The molecule has 0 bridgehead atoms. The number of fused-ring (bicyclic) bond motifs is 4. The molecule has 0 fully saturated rings. The number of benzene rings is 1. The second-order valence-electron chi connectivity index (χ2n) is 7.53. The van der Waals surface area contributed by atoms with Gasteiger partial charge in [0.2, 0.25) is 0 Å². The molecular weight excluding hydrogens is 408 g/mol. The number of methoxy groups -OCH3 is 2. The number of aryl methyl sites for hydroxylation is 1. The monoisotopic (exact) mass is 428 g/mol. The van der Waals surface area contributed by atoms with Crippen molar-refractivity contribution in [1.82, 2.24) is 9.97 Å². The number of aliphatic imine (C=N–C) groups is 1. The lowest BCUT2D eigenvalue weighted by Gasteiger charge is -2.35. The van der Waals surface area contributed by atoms with Gasteiger partial charge in [-0.1, -0.05) is 11.6 Å². The minimum atomic E-state index is -0.272.